The van der Waals surface area contributed by atoms with E-state index in [0.29, 0.717) is 19.6 Å². The third kappa shape index (κ3) is 4.41. The van der Waals surface area contributed by atoms with Gasteiger partial charge in [0.1, 0.15) is 6.04 Å². The molecule has 1 fully saturated rings. The summed E-state index contributed by atoms with van der Waals surface area (Å²) in [5.41, 5.74) is 7.08. The number of ether oxygens (including phenoxy) is 1. The van der Waals surface area contributed by atoms with Crippen LogP contribution in [0.1, 0.15) is 42.5 Å². The Bertz CT molecular complexity index is 1280. The second-order valence-corrected chi connectivity index (χ2v) is 11.2. The van der Waals surface area contributed by atoms with Gasteiger partial charge >= 0.3 is 0 Å². The van der Waals surface area contributed by atoms with Crippen LogP contribution in [0, 0.1) is 12.8 Å². The zero-order valence-corrected chi connectivity index (χ0v) is 21.6. The molecule has 0 spiro atoms. The molecule has 1 saturated heterocycles. The first-order valence-electron chi connectivity index (χ1n) is 12.2. The van der Waals surface area contributed by atoms with Gasteiger partial charge in [0.2, 0.25) is 11.8 Å². The first-order valence-corrected chi connectivity index (χ1v) is 13.0. The second-order valence-electron chi connectivity index (χ2n) is 10.3. The van der Waals surface area contributed by atoms with E-state index in [1.165, 1.54) is 33.6 Å². The topological polar surface area (TPSA) is 58.6 Å². The highest BCUT2D eigenvalue weighted by Gasteiger charge is 2.40. The SMILES string of the molecule is COCC1CC(C(=O)Nc2cc(C)cs2)N(C(=O)Cc2ccc3c(c2)C(C)(C)c2ccccc2-3)C1. The number of carbonyl (C=O) groups is 2. The van der Waals surface area contributed by atoms with Gasteiger partial charge in [-0.1, -0.05) is 56.3 Å². The Morgan fingerprint density at radius 1 is 1.11 bits per heavy atom. The highest BCUT2D eigenvalue weighted by atomic mass is 32.1. The molecular weight excluding hydrogens is 456 g/mol. The zero-order chi connectivity index (χ0) is 24.7. The van der Waals surface area contributed by atoms with Gasteiger partial charge in [0.25, 0.3) is 0 Å². The molecule has 1 aromatic heterocycles. The number of hydrogen-bond acceptors (Lipinski definition) is 4. The number of fused-ring (bicyclic) bond motifs is 3. The molecule has 2 aliphatic rings. The van der Waals surface area contributed by atoms with Gasteiger partial charge in [-0.15, -0.1) is 11.3 Å². The number of rotatable bonds is 6. The molecule has 1 N–H and O–H groups in total. The normalized spacial score (nSPS) is 19.9. The molecule has 1 aliphatic carbocycles. The summed E-state index contributed by atoms with van der Waals surface area (Å²) >= 11 is 1.51. The Hall–Kier alpha value is -2.96. The van der Waals surface area contributed by atoms with Crippen LogP contribution in [0.15, 0.2) is 53.9 Å². The fraction of sp³-hybridized carbons (Fsp3) is 0.379. The van der Waals surface area contributed by atoms with E-state index >= 15 is 0 Å². The van der Waals surface area contributed by atoms with Crippen molar-refractivity contribution in [2.45, 2.75) is 45.1 Å². The summed E-state index contributed by atoms with van der Waals surface area (Å²) < 4.78 is 5.36. The van der Waals surface area contributed by atoms with Crippen molar-refractivity contribution < 1.29 is 14.3 Å². The maximum absolute atomic E-state index is 13.5. The number of amides is 2. The van der Waals surface area contributed by atoms with Gasteiger partial charge in [-0.05, 0) is 58.2 Å². The Morgan fingerprint density at radius 3 is 2.63 bits per heavy atom. The van der Waals surface area contributed by atoms with Crippen LogP contribution in [0.2, 0.25) is 0 Å². The van der Waals surface area contributed by atoms with E-state index in [9.17, 15) is 9.59 Å². The van der Waals surface area contributed by atoms with Crippen molar-refractivity contribution in [3.05, 3.63) is 76.2 Å². The fourth-order valence-electron chi connectivity index (χ4n) is 5.64. The van der Waals surface area contributed by atoms with Crippen LogP contribution in [0.25, 0.3) is 11.1 Å². The first-order chi connectivity index (χ1) is 16.8. The predicted octanol–water partition coefficient (Wildman–Crippen LogP) is 5.41. The molecule has 2 unspecified atom stereocenters. The lowest BCUT2D eigenvalue weighted by Crippen LogP contribution is -2.43. The number of hydrogen-bond donors (Lipinski definition) is 1. The van der Waals surface area contributed by atoms with Gasteiger partial charge in [0.05, 0.1) is 18.0 Å². The van der Waals surface area contributed by atoms with E-state index in [1.807, 2.05) is 18.4 Å². The van der Waals surface area contributed by atoms with Crippen LogP contribution >= 0.6 is 11.3 Å². The van der Waals surface area contributed by atoms with Crippen molar-refractivity contribution in [1.29, 1.82) is 0 Å². The molecule has 5 nitrogen and oxygen atoms in total. The lowest BCUT2D eigenvalue weighted by atomic mass is 9.82. The number of aryl methyl sites for hydroxylation is 1. The summed E-state index contributed by atoms with van der Waals surface area (Å²) in [5.74, 6) is 0.0157. The van der Waals surface area contributed by atoms with Gasteiger partial charge in [-0.2, -0.15) is 0 Å². The first kappa shape index (κ1) is 23.8. The summed E-state index contributed by atoms with van der Waals surface area (Å²) in [6, 6.07) is 16.4. The minimum Gasteiger partial charge on any atom is -0.384 e. The number of thiophene rings is 1. The Kier molecular flexibility index (Phi) is 6.28. The standard InChI is InChI=1S/C29H32N2O3S/c1-18-11-26(35-17-18)30-28(33)25-13-20(16-34-4)15-31(25)27(32)14-19-9-10-22-21-7-5-6-8-23(21)29(2,3)24(22)12-19/h5-12,17,20,25H,13-16H2,1-4H3,(H,30,33). The van der Waals surface area contributed by atoms with Crippen molar-refractivity contribution in [1.82, 2.24) is 4.90 Å². The largest absolute Gasteiger partial charge is 0.384 e. The average molecular weight is 489 g/mol. The van der Waals surface area contributed by atoms with E-state index in [0.717, 1.165) is 16.1 Å². The van der Waals surface area contributed by atoms with Gasteiger partial charge in [-0.25, -0.2) is 0 Å². The minimum atomic E-state index is -0.486. The molecule has 6 heteroatoms. The van der Waals surface area contributed by atoms with Crippen molar-refractivity contribution in [2.75, 3.05) is 25.6 Å². The molecule has 2 aromatic carbocycles. The van der Waals surface area contributed by atoms with E-state index in [2.05, 4.69) is 61.6 Å². The number of methoxy groups -OCH3 is 1. The van der Waals surface area contributed by atoms with Crippen LogP contribution in [0.4, 0.5) is 5.00 Å². The van der Waals surface area contributed by atoms with Gasteiger partial charge < -0.3 is 15.0 Å². The van der Waals surface area contributed by atoms with E-state index in [4.69, 9.17) is 4.74 Å². The third-order valence-corrected chi connectivity index (χ3v) is 8.36. The van der Waals surface area contributed by atoms with E-state index in [1.54, 1.807) is 12.0 Å². The zero-order valence-electron chi connectivity index (χ0n) is 20.8. The summed E-state index contributed by atoms with van der Waals surface area (Å²) in [6.07, 6.45) is 0.892. The van der Waals surface area contributed by atoms with Gasteiger partial charge in [0, 0.05) is 25.0 Å². The highest BCUT2D eigenvalue weighted by Crippen LogP contribution is 2.48. The number of nitrogens with zero attached hydrogens (tertiary/aromatic N) is 1. The molecule has 0 radical (unpaired) electrons. The van der Waals surface area contributed by atoms with Gasteiger partial charge in [-0.3, -0.25) is 9.59 Å². The van der Waals surface area contributed by atoms with Crippen molar-refractivity contribution in [3.8, 4) is 11.1 Å². The minimum absolute atomic E-state index is 0.0145. The summed E-state index contributed by atoms with van der Waals surface area (Å²) in [4.78, 5) is 28.4. The number of carbonyl (C=O) groups excluding carboxylic acids is 2. The molecule has 182 valence electrons. The number of anilines is 1. The maximum Gasteiger partial charge on any atom is 0.247 e. The summed E-state index contributed by atoms with van der Waals surface area (Å²) in [7, 11) is 1.66. The smallest absolute Gasteiger partial charge is 0.247 e. The molecule has 0 bridgehead atoms. The Labute approximate surface area is 211 Å². The van der Waals surface area contributed by atoms with Crippen LogP contribution < -0.4 is 5.32 Å². The lowest BCUT2D eigenvalue weighted by Gasteiger charge is -2.25. The third-order valence-electron chi connectivity index (χ3n) is 7.39. The summed E-state index contributed by atoms with van der Waals surface area (Å²) in [6.45, 7) is 7.56. The van der Waals surface area contributed by atoms with Crippen LogP contribution in [0.3, 0.4) is 0 Å². The Morgan fingerprint density at radius 2 is 1.89 bits per heavy atom. The van der Waals surface area contributed by atoms with Crippen LogP contribution in [-0.4, -0.2) is 43.0 Å². The Balaban J connectivity index is 1.36. The molecule has 3 aromatic rings. The van der Waals surface area contributed by atoms with Crippen LogP contribution in [-0.2, 0) is 26.2 Å². The molecule has 0 saturated carbocycles. The molecule has 5 rings (SSSR count). The van der Waals surface area contributed by atoms with E-state index in [-0.39, 0.29) is 29.6 Å². The molecule has 2 amide bonds. The monoisotopic (exact) mass is 488 g/mol. The van der Waals surface area contributed by atoms with E-state index < -0.39 is 6.04 Å². The number of benzene rings is 2. The molecular formula is C29H32N2O3S. The molecule has 35 heavy (non-hydrogen) atoms. The highest BCUT2D eigenvalue weighted by molar-refractivity contribution is 7.14. The predicted molar refractivity (Wildman–Crippen MR) is 141 cm³/mol. The van der Waals surface area contributed by atoms with Gasteiger partial charge in [0.15, 0.2) is 0 Å². The maximum atomic E-state index is 13.5. The van der Waals surface area contributed by atoms with Crippen molar-refractivity contribution in [3.63, 3.8) is 0 Å². The van der Waals surface area contributed by atoms with Crippen LogP contribution in [0.5, 0.6) is 0 Å². The quantitative estimate of drug-likeness (QED) is 0.505. The second kappa shape index (κ2) is 9.25. The number of likely N-dealkylation sites (tertiary alicyclic amines) is 1. The fourth-order valence-corrected chi connectivity index (χ4v) is 6.44. The number of nitrogens with one attached hydrogen (secondary N) is 1. The summed E-state index contributed by atoms with van der Waals surface area (Å²) in [5, 5.41) is 5.84. The van der Waals surface area contributed by atoms with Crippen molar-refractivity contribution in [2.24, 2.45) is 5.92 Å². The van der Waals surface area contributed by atoms with Crippen molar-refractivity contribution >= 4 is 28.2 Å². The molecule has 2 heterocycles. The average Bonchev–Trinajstić information content (AvgIpc) is 3.50. The molecule has 2 atom stereocenters. The lowest BCUT2D eigenvalue weighted by molar-refractivity contribution is -0.136. The molecule has 1 aliphatic heterocycles.